The predicted octanol–water partition coefficient (Wildman–Crippen LogP) is 3.04. The van der Waals surface area contributed by atoms with Crippen molar-refractivity contribution in [2.45, 2.75) is 6.92 Å². The highest BCUT2D eigenvalue weighted by Gasteiger charge is 2.13. The highest BCUT2D eigenvalue weighted by Crippen LogP contribution is 2.24. The van der Waals surface area contributed by atoms with Crippen LogP contribution in [-0.4, -0.2) is 22.9 Å². The average molecular weight is 283 g/mol. The van der Waals surface area contributed by atoms with Crippen LogP contribution in [0.25, 0.3) is 22.4 Å². The van der Waals surface area contributed by atoms with Gasteiger partial charge in [0.15, 0.2) is 0 Å². The summed E-state index contributed by atoms with van der Waals surface area (Å²) in [6, 6.07) is 10.2. The topological polar surface area (TPSA) is 57.8 Å². The maximum Gasteiger partial charge on any atom is 0.251 e. The van der Waals surface area contributed by atoms with Crippen LogP contribution in [0.1, 0.15) is 15.9 Å². The van der Waals surface area contributed by atoms with Crippen molar-refractivity contribution in [2.75, 3.05) is 7.05 Å². The summed E-state index contributed by atoms with van der Waals surface area (Å²) in [5.41, 5.74) is 3.38. The third-order valence-electron chi connectivity index (χ3n) is 3.35. The molecule has 5 heteroatoms. The zero-order chi connectivity index (χ0) is 15.0. The van der Waals surface area contributed by atoms with Crippen LogP contribution in [0.15, 0.2) is 36.4 Å². The van der Waals surface area contributed by atoms with Crippen molar-refractivity contribution < 1.29 is 9.18 Å². The average Bonchev–Trinajstić information content (AvgIpc) is 2.88. The summed E-state index contributed by atoms with van der Waals surface area (Å²) < 4.78 is 14.2. The molecule has 21 heavy (non-hydrogen) atoms. The van der Waals surface area contributed by atoms with Gasteiger partial charge in [-0.3, -0.25) is 4.79 Å². The first-order valence-electron chi connectivity index (χ1n) is 6.57. The van der Waals surface area contributed by atoms with E-state index in [-0.39, 0.29) is 11.5 Å². The fourth-order valence-electron chi connectivity index (χ4n) is 2.24. The predicted molar refractivity (Wildman–Crippen MR) is 79.6 cm³/mol. The Bertz CT molecular complexity index is 839. The molecule has 0 unspecified atom stereocenters. The molecule has 0 aliphatic carbocycles. The Balaban J connectivity index is 2.08. The Kier molecular flexibility index (Phi) is 3.17. The zero-order valence-electron chi connectivity index (χ0n) is 11.7. The van der Waals surface area contributed by atoms with Gasteiger partial charge in [-0.2, -0.15) is 0 Å². The number of carbonyl (C=O) groups excluding carboxylic acids is 1. The molecule has 1 amide bonds. The van der Waals surface area contributed by atoms with E-state index in [1.807, 2.05) is 25.1 Å². The lowest BCUT2D eigenvalue weighted by Gasteiger charge is -2.03. The van der Waals surface area contributed by atoms with Crippen LogP contribution in [0.2, 0.25) is 0 Å². The van der Waals surface area contributed by atoms with Gasteiger partial charge in [-0.1, -0.05) is 6.07 Å². The van der Waals surface area contributed by atoms with Crippen molar-refractivity contribution in [3.63, 3.8) is 0 Å². The summed E-state index contributed by atoms with van der Waals surface area (Å²) in [7, 11) is 1.51. The lowest BCUT2D eigenvalue weighted by Crippen LogP contribution is -2.17. The first kappa shape index (κ1) is 13.3. The Morgan fingerprint density at radius 3 is 2.76 bits per heavy atom. The number of H-pyrrole nitrogens is 1. The normalized spacial score (nSPS) is 10.8. The van der Waals surface area contributed by atoms with Crippen molar-refractivity contribution in [3.05, 3.63) is 53.3 Å². The quantitative estimate of drug-likeness (QED) is 0.759. The standard InChI is InChI=1S/C16H14FN3O/c1-9-3-6-13-14(7-9)20-15(19-13)11-5-4-10(8-12(11)17)16(21)18-2/h3-8H,1-2H3,(H,18,21)(H,19,20). The van der Waals surface area contributed by atoms with E-state index in [0.717, 1.165) is 16.6 Å². The Morgan fingerprint density at radius 1 is 1.24 bits per heavy atom. The van der Waals surface area contributed by atoms with Gasteiger partial charge < -0.3 is 10.3 Å². The van der Waals surface area contributed by atoms with E-state index in [1.165, 1.54) is 13.1 Å². The number of nitrogens with one attached hydrogen (secondary N) is 2. The number of hydrogen-bond donors (Lipinski definition) is 2. The van der Waals surface area contributed by atoms with E-state index in [1.54, 1.807) is 12.1 Å². The van der Waals surface area contributed by atoms with E-state index < -0.39 is 5.82 Å². The molecule has 4 nitrogen and oxygen atoms in total. The minimum Gasteiger partial charge on any atom is -0.355 e. The van der Waals surface area contributed by atoms with Crippen molar-refractivity contribution in [1.29, 1.82) is 0 Å². The van der Waals surface area contributed by atoms with Gasteiger partial charge in [0.1, 0.15) is 11.6 Å². The van der Waals surface area contributed by atoms with Crippen LogP contribution in [-0.2, 0) is 0 Å². The summed E-state index contributed by atoms with van der Waals surface area (Å²) in [5.74, 6) is -0.343. The maximum absolute atomic E-state index is 14.2. The first-order chi connectivity index (χ1) is 10.1. The number of fused-ring (bicyclic) bond motifs is 1. The molecule has 3 aromatic rings. The summed E-state index contributed by atoms with van der Waals surface area (Å²) >= 11 is 0. The van der Waals surface area contributed by atoms with Gasteiger partial charge in [-0.25, -0.2) is 9.37 Å². The van der Waals surface area contributed by atoms with Crippen molar-refractivity contribution in [2.24, 2.45) is 0 Å². The van der Waals surface area contributed by atoms with Crippen LogP contribution >= 0.6 is 0 Å². The molecule has 1 aromatic heterocycles. The van der Waals surface area contributed by atoms with E-state index in [9.17, 15) is 9.18 Å². The second-order valence-corrected chi connectivity index (χ2v) is 4.88. The van der Waals surface area contributed by atoms with Crippen molar-refractivity contribution in [3.8, 4) is 11.4 Å². The van der Waals surface area contributed by atoms with Crippen LogP contribution < -0.4 is 5.32 Å². The molecule has 2 aromatic carbocycles. The zero-order valence-corrected chi connectivity index (χ0v) is 11.7. The van der Waals surface area contributed by atoms with Crippen LogP contribution in [0.5, 0.6) is 0 Å². The molecule has 0 saturated heterocycles. The third-order valence-corrected chi connectivity index (χ3v) is 3.35. The highest BCUT2D eigenvalue weighted by molar-refractivity contribution is 5.94. The third kappa shape index (κ3) is 2.38. The number of hydrogen-bond acceptors (Lipinski definition) is 2. The molecule has 0 spiro atoms. The molecule has 0 fully saturated rings. The lowest BCUT2D eigenvalue weighted by molar-refractivity contribution is 0.0962. The van der Waals surface area contributed by atoms with Gasteiger partial charge >= 0.3 is 0 Å². The number of aromatic nitrogens is 2. The first-order valence-corrected chi connectivity index (χ1v) is 6.57. The number of imidazole rings is 1. The Morgan fingerprint density at radius 2 is 2.05 bits per heavy atom. The van der Waals surface area contributed by atoms with Crippen molar-refractivity contribution in [1.82, 2.24) is 15.3 Å². The number of rotatable bonds is 2. The maximum atomic E-state index is 14.2. The molecule has 106 valence electrons. The SMILES string of the molecule is CNC(=O)c1ccc(-c2nc3ccc(C)cc3[nH]2)c(F)c1. The molecule has 0 aliphatic heterocycles. The van der Waals surface area contributed by atoms with Gasteiger partial charge in [-0.05, 0) is 42.8 Å². The summed E-state index contributed by atoms with van der Waals surface area (Å²) in [6.45, 7) is 1.98. The number of carbonyl (C=O) groups is 1. The molecule has 0 aliphatic rings. The monoisotopic (exact) mass is 283 g/mol. The fraction of sp³-hybridized carbons (Fsp3) is 0.125. The Hall–Kier alpha value is -2.69. The van der Waals surface area contributed by atoms with Crippen molar-refractivity contribution >= 4 is 16.9 Å². The summed E-state index contributed by atoms with van der Waals surface area (Å²) in [6.07, 6.45) is 0. The molecule has 3 rings (SSSR count). The van der Waals surface area contributed by atoms with Crippen LogP contribution in [0.4, 0.5) is 4.39 Å². The molecule has 0 atom stereocenters. The second-order valence-electron chi connectivity index (χ2n) is 4.88. The van der Waals surface area contributed by atoms with E-state index in [2.05, 4.69) is 15.3 Å². The number of nitrogens with zero attached hydrogens (tertiary/aromatic N) is 1. The molecule has 0 bridgehead atoms. The molecule has 0 radical (unpaired) electrons. The lowest BCUT2D eigenvalue weighted by atomic mass is 10.1. The number of aryl methyl sites for hydroxylation is 1. The molecule has 2 N–H and O–H groups in total. The van der Waals surface area contributed by atoms with Gasteiger partial charge in [0.25, 0.3) is 5.91 Å². The smallest absolute Gasteiger partial charge is 0.251 e. The summed E-state index contributed by atoms with van der Waals surface area (Å²) in [4.78, 5) is 19.0. The molecule has 0 saturated carbocycles. The number of amides is 1. The Labute approximate surface area is 121 Å². The molecular weight excluding hydrogens is 269 g/mol. The number of halogens is 1. The van der Waals surface area contributed by atoms with E-state index in [4.69, 9.17) is 0 Å². The van der Waals surface area contributed by atoms with Gasteiger partial charge in [0.2, 0.25) is 0 Å². The van der Waals surface area contributed by atoms with Gasteiger partial charge in [-0.15, -0.1) is 0 Å². The minimum absolute atomic E-state index is 0.283. The minimum atomic E-state index is -0.480. The molecular formula is C16H14FN3O. The second kappa shape index (κ2) is 5.01. The fourth-order valence-corrected chi connectivity index (χ4v) is 2.24. The van der Waals surface area contributed by atoms with Crippen LogP contribution in [0, 0.1) is 12.7 Å². The summed E-state index contributed by atoms with van der Waals surface area (Å²) in [5, 5.41) is 2.47. The van der Waals surface area contributed by atoms with E-state index in [0.29, 0.717) is 11.4 Å². The number of benzene rings is 2. The molecule has 1 heterocycles. The van der Waals surface area contributed by atoms with Crippen LogP contribution in [0.3, 0.4) is 0 Å². The number of aromatic amines is 1. The largest absolute Gasteiger partial charge is 0.355 e. The van der Waals surface area contributed by atoms with Gasteiger partial charge in [0, 0.05) is 12.6 Å². The van der Waals surface area contributed by atoms with E-state index >= 15 is 0 Å². The highest BCUT2D eigenvalue weighted by atomic mass is 19.1. The van der Waals surface area contributed by atoms with Gasteiger partial charge in [0.05, 0.1) is 16.6 Å².